The molecule has 0 heterocycles. The molecule has 0 spiro atoms. The predicted octanol–water partition coefficient (Wildman–Crippen LogP) is 5.61. The number of rotatable bonds is 13. The third kappa shape index (κ3) is 6.80. The smallest absolute Gasteiger partial charge is 0.242 e. The normalized spacial score (nSPS) is 23.0. The molecular weight excluding hydrogens is 590 g/mol. The van der Waals surface area contributed by atoms with Crippen LogP contribution < -0.4 is 16.4 Å². The molecule has 44 heavy (non-hydrogen) atoms. The summed E-state index contributed by atoms with van der Waals surface area (Å²) in [5.41, 5.74) is 10.8. The van der Waals surface area contributed by atoms with Gasteiger partial charge in [0, 0.05) is 57.2 Å². The quantitative estimate of drug-likeness (QED) is 0.228. The summed E-state index contributed by atoms with van der Waals surface area (Å²) >= 11 is 6.12. The molecule has 7 atom stereocenters. The van der Waals surface area contributed by atoms with Gasteiger partial charge in [-0.05, 0) is 59.6 Å². The van der Waals surface area contributed by atoms with E-state index in [1.54, 1.807) is 12.1 Å². The highest BCUT2D eigenvalue weighted by Crippen LogP contribution is 2.55. The zero-order chi connectivity index (χ0) is 31.4. The van der Waals surface area contributed by atoms with Gasteiger partial charge in [-0.1, -0.05) is 99.1 Å². The maximum atomic E-state index is 13.8. The molecule has 234 valence electrons. The number of carbonyl (C=O) groups excluding carboxylic acids is 2. The molecule has 8 heteroatoms. The molecule has 0 aromatic heterocycles. The molecule has 6 unspecified atom stereocenters. The van der Waals surface area contributed by atoms with Crippen LogP contribution in [0.1, 0.15) is 74.1 Å². The first-order valence-corrected chi connectivity index (χ1v) is 17.5. The molecule has 5 rings (SSSR count). The van der Waals surface area contributed by atoms with Gasteiger partial charge in [0.15, 0.2) is 0 Å². The molecule has 4 N–H and O–H groups in total. The van der Waals surface area contributed by atoms with Gasteiger partial charge in [0.2, 0.25) is 11.8 Å². The number of nitrogens with one attached hydrogen (secondary N) is 2. The minimum Gasteiger partial charge on any atom is -0.354 e. The number of hydrogen-bond acceptors (Lipinski definition) is 4. The Kier molecular flexibility index (Phi) is 10.3. The first-order valence-electron chi connectivity index (χ1n) is 15.7. The third-order valence-electron chi connectivity index (χ3n) is 9.81. The Morgan fingerprint density at radius 1 is 0.977 bits per heavy atom. The molecule has 0 aliphatic heterocycles. The topological polar surface area (TPSA) is 101 Å². The van der Waals surface area contributed by atoms with E-state index < -0.39 is 16.8 Å². The third-order valence-corrected chi connectivity index (χ3v) is 12.0. The largest absolute Gasteiger partial charge is 0.354 e. The SMILES string of the molecule is CCC(CCNC(=O)[C@@H](Cc1ccc(Cl)cc1)NC(=O)C1C2CC(c3ccccc32)C1N)(CS(=O)C(C)C)c1ccccc1. The van der Waals surface area contributed by atoms with Crippen molar-refractivity contribution >= 4 is 34.2 Å². The van der Waals surface area contributed by atoms with Crippen LogP contribution in [0.15, 0.2) is 78.9 Å². The number of fused-ring (bicyclic) bond motifs is 5. The zero-order valence-corrected chi connectivity index (χ0v) is 27.4. The average molecular weight is 634 g/mol. The van der Waals surface area contributed by atoms with Crippen LogP contribution in [0.5, 0.6) is 0 Å². The van der Waals surface area contributed by atoms with Crippen LogP contribution >= 0.6 is 11.6 Å². The lowest BCUT2D eigenvalue weighted by Crippen LogP contribution is -2.53. The van der Waals surface area contributed by atoms with E-state index in [1.165, 1.54) is 11.1 Å². The maximum Gasteiger partial charge on any atom is 0.242 e. The van der Waals surface area contributed by atoms with Gasteiger partial charge in [-0.2, -0.15) is 0 Å². The zero-order valence-electron chi connectivity index (χ0n) is 25.8. The van der Waals surface area contributed by atoms with Crippen LogP contribution in [0.25, 0.3) is 0 Å². The fourth-order valence-corrected chi connectivity index (χ4v) is 8.71. The van der Waals surface area contributed by atoms with Gasteiger partial charge in [0.1, 0.15) is 6.04 Å². The average Bonchev–Trinajstić information content (AvgIpc) is 3.57. The lowest BCUT2D eigenvalue weighted by atomic mass is 9.77. The van der Waals surface area contributed by atoms with Gasteiger partial charge in [0.05, 0.1) is 5.92 Å². The molecule has 2 bridgehead atoms. The molecule has 3 aromatic rings. The highest BCUT2D eigenvalue weighted by Gasteiger charge is 2.52. The number of nitrogens with two attached hydrogens (primary N) is 1. The highest BCUT2D eigenvalue weighted by atomic mass is 35.5. The van der Waals surface area contributed by atoms with Crippen LogP contribution in [0, 0.1) is 5.92 Å². The van der Waals surface area contributed by atoms with Crippen LogP contribution in [-0.2, 0) is 32.2 Å². The number of benzene rings is 3. The second-order valence-electron chi connectivity index (χ2n) is 12.7. The van der Waals surface area contributed by atoms with Gasteiger partial charge in [-0.25, -0.2) is 0 Å². The van der Waals surface area contributed by atoms with Crippen LogP contribution in [0.2, 0.25) is 5.02 Å². The summed E-state index contributed by atoms with van der Waals surface area (Å²) in [5, 5.41) is 6.87. The molecule has 1 fully saturated rings. The minimum absolute atomic E-state index is 0.0439. The van der Waals surface area contributed by atoms with Crippen molar-refractivity contribution in [1.29, 1.82) is 0 Å². The van der Waals surface area contributed by atoms with Crippen molar-refractivity contribution in [2.45, 2.75) is 81.0 Å². The molecule has 0 saturated heterocycles. The summed E-state index contributed by atoms with van der Waals surface area (Å²) in [6, 6.07) is 24.7. The van der Waals surface area contributed by atoms with Crippen molar-refractivity contribution in [2.24, 2.45) is 11.7 Å². The van der Waals surface area contributed by atoms with Gasteiger partial charge in [-0.15, -0.1) is 0 Å². The highest BCUT2D eigenvalue weighted by molar-refractivity contribution is 7.85. The molecule has 6 nitrogen and oxygen atoms in total. The molecular formula is C36H44ClN3O3S. The van der Waals surface area contributed by atoms with Crippen LogP contribution in [0.3, 0.4) is 0 Å². The van der Waals surface area contributed by atoms with Gasteiger partial charge >= 0.3 is 0 Å². The summed E-state index contributed by atoms with van der Waals surface area (Å²) in [6.45, 7) is 6.47. The number of hydrogen-bond donors (Lipinski definition) is 3. The van der Waals surface area contributed by atoms with E-state index in [9.17, 15) is 13.8 Å². The van der Waals surface area contributed by atoms with E-state index in [0.29, 0.717) is 30.2 Å². The first-order chi connectivity index (χ1) is 21.1. The summed E-state index contributed by atoms with van der Waals surface area (Å²) in [5.74, 6) is -0.0560. The van der Waals surface area contributed by atoms with E-state index >= 15 is 0 Å². The minimum atomic E-state index is -1.01. The summed E-state index contributed by atoms with van der Waals surface area (Å²) in [4.78, 5) is 27.6. The maximum absolute atomic E-state index is 13.8. The molecule has 0 radical (unpaired) electrons. The Bertz CT molecular complexity index is 1480. The van der Waals surface area contributed by atoms with Crippen LogP contribution in [0.4, 0.5) is 0 Å². The van der Waals surface area contributed by atoms with Gasteiger partial charge in [-0.3, -0.25) is 13.8 Å². The number of carbonyl (C=O) groups is 2. The Hall–Kier alpha value is -3.00. The van der Waals surface area contributed by atoms with Crippen molar-refractivity contribution in [3.8, 4) is 0 Å². The standard InChI is InChI=1S/C36H44ClN3O3S/c1-4-36(22-44(43)23(2)3,25-10-6-5-7-11-25)18-19-39-34(41)31(20-24-14-16-26(37)17-15-24)40-35(42)32-29-21-30(33(32)38)28-13-9-8-12-27(28)29/h5-17,23,29-33H,4,18-22,38H2,1-3H3,(H,39,41)(H,40,42)/t29?,30?,31-,32?,33?,36?,44?/m1/s1. The summed E-state index contributed by atoms with van der Waals surface area (Å²) < 4.78 is 13.1. The Morgan fingerprint density at radius 3 is 2.25 bits per heavy atom. The summed E-state index contributed by atoms with van der Waals surface area (Å²) in [7, 11) is -1.01. The Morgan fingerprint density at radius 2 is 1.61 bits per heavy atom. The second kappa shape index (κ2) is 14.0. The van der Waals surface area contributed by atoms with Crippen molar-refractivity contribution in [2.75, 3.05) is 12.3 Å². The Labute approximate surface area is 269 Å². The molecule has 2 aliphatic rings. The molecule has 1 saturated carbocycles. The van der Waals surface area contributed by atoms with E-state index in [0.717, 1.165) is 24.0 Å². The van der Waals surface area contributed by atoms with Crippen molar-refractivity contribution in [3.63, 3.8) is 0 Å². The van der Waals surface area contributed by atoms with E-state index in [1.807, 2.05) is 56.3 Å². The Balaban J connectivity index is 1.32. The van der Waals surface area contributed by atoms with Crippen molar-refractivity contribution in [3.05, 3.63) is 106 Å². The molecule has 2 amide bonds. The number of amides is 2. The monoisotopic (exact) mass is 633 g/mol. The van der Waals surface area contributed by atoms with Gasteiger partial charge in [0.25, 0.3) is 0 Å². The van der Waals surface area contributed by atoms with E-state index in [4.69, 9.17) is 17.3 Å². The fourth-order valence-electron chi connectivity index (χ4n) is 7.19. The lowest BCUT2D eigenvalue weighted by molar-refractivity contribution is -0.131. The molecule has 3 aromatic carbocycles. The van der Waals surface area contributed by atoms with Crippen molar-refractivity contribution < 1.29 is 13.8 Å². The van der Waals surface area contributed by atoms with Crippen LogP contribution in [-0.4, -0.2) is 45.7 Å². The van der Waals surface area contributed by atoms with E-state index in [2.05, 4.69) is 41.8 Å². The first kappa shape index (κ1) is 32.4. The number of halogens is 1. The molecule has 2 aliphatic carbocycles. The summed E-state index contributed by atoms with van der Waals surface area (Å²) in [6.07, 6.45) is 2.62. The van der Waals surface area contributed by atoms with Crippen molar-refractivity contribution in [1.82, 2.24) is 10.6 Å². The predicted molar refractivity (Wildman–Crippen MR) is 179 cm³/mol. The second-order valence-corrected chi connectivity index (χ2v) is 15.1. The fraction of sp³-hybridized carbons (Fsp3) is 0.444. The lowest BCUT2D eigenvalue weighted by Gasteiger charge is -2.34. The van der Waals surface area contributed by atoms with E-state index in [-0.39, 0.29) is 46.3 Å². The van der Waals surface area contributed by atoms with Gasteiger partial charge < -0.3 is 16.4 Å².